The summed E-state index contributed by atoms with van der Waals surface area (Å²) in [7, 11) is 0. The molecular formula is C14H13BrN2O2. The lowest BCUT2D eigenvalue weighted by Gasteiger charge is -2.06. The Kier molecular flexibility index (Phi) is 4.16. The van der Waals surface area contributed by atoms with Gasteiger partial charge in [-0.2, -0.15) is 0 Å². The fourth-order valence-electron chi connectivity index (χ4n) is 1.66. The van der Waals surface area contributed by atoms with Crippen molar-refractivity contribution >= 4 is 21.8 Å². The van der Waals surface area contributed by atoms with Gasteiger partial charge in [0.1, 0.15) is 5.56 Å². The highest BCUT2D eigenvalue weighted by atomic mass is 79.9. The summed E-state index contributed by atoms with van der Waals surface area (Å²) in [5.41, 5.74) is 1.53. The van der Waals surface area contributed by atoms with E-state index in [9.17, 15) is 9.59 Å². The second-order valence-electron chi connectivity index (χ2n) is 4.17. The summed E-state index contributed by atoms with van der Waals surface area (Å²) in [6.45, 7) is 2.14. The van der Waals surface area contributed by atoms with Crippen molar-refractivity contribution in [1.82, 2.24) is 10.3 Å². The molecular weight excluding hydrogens is 308 g/mol. The highest BCUT2D eigenvalue weighted by molar-refractivity contribution is 9.10. The third kappa shape index (κ3) is 3.32. The van der Waals surface area contributed by atoms with Gasteiger partial charge in [0.15, 0.2) is 5.43 Å². The first-order valence-corrected chi connectivity index (χ1v) is 6.58. The highest BCUT2D eigenvalue weighted by Gasteiger charge is 2.10. The maximum Gasteiger partial charge on any atom is 0.257 e. The number of pyridine rings is 1. The number of hydrogen-bond donors (Lipinski definition) is 2. The molecule has 2 N–H and O–H groups in total. The number of benzene rings is 1. The summed E-state index contributed by atoms with van der Waals surface area (Å²) < 4.78 is 0.924. The van der Waals surface area contributed by atoms with Crippen LogP contribution in [-0.4, -0.2) is 10.9 Å². The maximum atomic E-state index is 11.9. The van der Waals surface area contributed by atoms with Crippen LogP contribution in [0.15, 0.2) is 45.8 Å². The predicted molar refractivity (Wildman–Crippen MR) is 77.1 cm³/mol. The zero-order valence-electron chi connectivity index (χ0n) is 10.4. The van der Waals surface area contributed by atoms with Crippen LogP contribution in [0, 0.1) is 6.92 Å². The summed E-state index contributed by atoms with van der Waals surface area (Å²) in [4.78, 5) is 26.4. The van der Waals surface area contributed by atoms with Gasteiger partial charge in [-0.1, -0.05) is 34.1 Å². The summed E-state index contributed by atoms with van der Waals surface area (Å²) in [6, 6.07) is 9.02. The molecule has 0 unspecified atom stereocenters. The second-order valence-corrected chi connectivity index (χ2v) is 5.02. The lowest BCUT2D eigenvalue weighted by molar-refractivity contribution is 0.0949. The van der Waals surface area contributed by atoms with Crippen molar-refractivity contribution in [3.05, 3.63) is 68.0 Å². The molecule has 0 atom stereocenters. The maximum absolute atomic E-state index is 11.9. The molecule has 0 saturated heterocycles. The fraction of sp³-hybridized carbons (Fsp3) is 0.143. The number of aromatic amines is 1. The van der Waals surface area contributed by atoms with Crippen molar-refractivity contribution in [2.75, 3.05) is 0 Å². The van der Waals surface area contributed by atoms with Crippen LogP contribution in [0.1, 0.15) is 21.6 Å². The summed E-state index contributed by atoms with van der Waals surface area (Å²) >= 11 is 3.41. The molecule has 4 nitrogen and oxygen atoms in total. The van der Waals surface area contributed by atoms with E-state index < -0.39 is 0 Å². The van der Waals surface area contributed by atoms with Crippen molar-refractivity contribution in [2.24, 2.45) is 0 Å². The number of hydrogen-bond acceptors (Lipinski definition) is 2. The Labute approximate surface area is 119 Å². The summed E-state index contributed by atoms with van der Waals surface area (Å²) in [6.07, 6.45) is 1.44. The van der Waals surface area contributed by atoms with Gasteiger partial charge in [0.25, 0.3) is 5.91 Å². The number of rotatable bonds is 3. The first kappa shape index (κ1) is 13.5. The largest absolute Gasteiger partial charge is 0.364 e. The number of aryl methyl sites for hydroxylation is 1. The van der Waals surface area contributed by atoms with E-state index >= 15 is 0 Å². The van der Waals surface area contributed by atoms with Gasteiger partial charge in [0.2, 0.25) is 0 Å². The molecule has 0 radical (unpaired) electrons. The molecule has 1 aromatic heterocycles. The first-order valence-electron chi connectivity index (χ1n) is 5.79. The van der Waals surface area contributed by atoms with Gasteiger partial charge in [-0.15, -0.1) is 0 Å². The van der Waals surface area contributed by atoms with Gasteiger partial charge in [0, 0.05) is 29.0 Å². The third-order valence-corrected chi connectivity index (χ3v) is 3.47. The lowest BCUT2D eigenvalue weighted by atomic mass is 10.2. The number of amides is 1. The van der Waals surface area contributed by atoms with E-state index in [1.807, 2.05) is 24.3 Å². The molecule has 1 heterocycles. The molecule has 5 heteroatoms. The fourth-order valence-corrected chi connectivity index (χ4v) is 2.09. The molecule has 0 bridgehead atoms. The number of H-pyrrole nitrogens is 1. The minimum atomic E-state index is -0.378. The average Bonchev–Trinajstić information content (AvgIpc) is 2.37. The Morgan fingerprint density at radius 2 is 2.11 bits per heavy atom. The van der Waals surface area contributed by atoms with Crippen molar-refractivity contribution in [3.8, 4) is 0 Å². The zero-order chi connectivity index (χ0) is 13.8. The van der Waals surface area contributed by atoms with Gasteiger partial charge in [-0.3, -0.25) is 9.59 Å². The predicted octanol–water partition coefficient (Wildman–Crippen LogP) is 2.38. The molecule has 1 amide bonds. The smallest absolute Gasteiger partial charge is 0.257 e. The van der Waals surface area contributed by atoms with Crippen molar-refractivity contribution < 1.29 is 4.79 Å². The van der Waals surface area contributed by atoms with Crippen LogP contribution in [0.4, 0.5) is 0 Å². The molecule has 2 aromatic rings. The van der Waals surface area contributed by atoms with Gasteiger partial charge in [-0.25, -0.2) is 0 Å². The molecule has 0 aliphatic heterocycles. The first-order chi connectivity index (χ1) is 9.08. The number of nitrogens with one attached hydrogen (secondary N) is 2. The molecule has 98 valence electrons. The van der Waals surface area contributed by atoms with Crippen LogP contribution in [0.25, 0.3) is 0 Å². The van der Waals surface area contributed by atoms with Crippen molar-refractivity contribution in [1.29, 1.82) is 0 Å². The average molecular weight is 321 g/mol. The Balaban J connectivity index is 2.10. The Bertz CT molecular complexity index is 664. The quantitative estimate of drug-likeness (QED) is 0.912. The highest BCUT2D eigenvalue weighted by Crippen LogP contribution is 2.15. The Morgan fingerprint density at radius 3 is 2.79 bits per heavy atom. The molecule has 0 aliphatic carbocycles. The summed E-state index contributed by atoms with van der Waals surface area (Å²) in [5.74, 6) is -0.378. The van der Waals surface area contributed by atoms with Gasteiger partial charge >= 0.3 is 0 Å². The number of aromatic nitrogens is 1. The van der Waals surface area contributed by atoms with Gasteiger partial charge in [-0.05, 0) is 18.6 Å². The molecule has 0 spiro atoms. The SMILES string of the molecule is Cc1cc(=O)c(C(=O)NCc2ccccc2Br)c[nH]1. The van der Waals surface area contributed by atoms with Crippen LogP contribution in [0.5, 0.6) is 0 Å². The van der Waals surface area contributed by atoms with E-state index in [1.54, 1.807) is 6.92 Å². The van der Waals surface area contributed by atoms with Crippen molar-refractivity contribution in [3.63, 3.8) is 0 Å². The van der Waals surface area contributed by atoms with E-state index in [1.165, 1.54) is 12.3 Å². The van der Waals surface area contributed by atoms with E-state index in [0.29, 0.717) is 6.54 Å². The van der Waals surface area contributed by atoms with Crippen LogP contribution < -0.4 is 10.7 Å². The van der Waals surface area contributed by atoms with Crippen LogP contribution in [-0.2, 0) is 6.54 Å². The minimum Gasteiger partial charge on any atom is -0.364 e. The van der Waals surface area contributed by atoms with E-state index in [-0.39, 0.29) is 16.9 Å². The Hall–Kier alpha value is -1.88. The molecule has 19 heavy (non-hydrogen) atoms. The molecule has 1 aromatic carbocycles. The second kappa shape index (κ2) is 5.84. The topological polar surface area (TPSA) is 62.0 Å². The lowest BCUT2D eigenvalue weighted by Crippen LogP contribution is -2.28. The van der Waals surface area contributed by atoms with Crippen LogP contribution >= 0.6 is 15.9 Å². The number of carbonyl (C=O) groups excluding carboxylic acids is 1. The van der Waals surface area contributed by atoms with E-state index in [4.69, 9.17) is 0 Å². The number of carbonyl (C=O) groups is 1. The van der Waals surface area contributed by atoms with Crippen molar-refractivity contribution in [2.45, 2.75) is 13.5 Å². The third-order valence-electron chi connectivity index (χ3n) is 2.70. The van der Waals surface area contributed by atoms with Gasteiger partial charge in [0.05, 0.1) is 0 Å². The molecule has 0 fully saturated rings. The molecule has 0 aliphatic rings. The standard InChI is InChI=1S/C14H13BrN2O2/c1-9-6-13(18)11(8-16-9)14(19)17-7-10-4-2-3-5-12(10)15/h2-6,8H,7H2,1H3,(H,16,18)(H,17,19). The monoisotopic (exact) mass is 320 g/mol. The normalized spacial score (nSPS) is 10.2. The minimum absolute atomic E-state index is 0.123. The molecule has 0 saturated carbocycles. The van der Waals surface area contributed by atoms with Gasteiger partial charge < -0.3 is 10.3 Å². The van der Waals surface area contributed by atoms with E-state index in [0.717, 1.165) is 15.7 Å². The molecule has 2 rings (SSSR count). The van der Waals surface area contributed by atoms with Crippen LogP contribution in [0.3, 0.4) is 0 Å². The number of halogens is 1. The van der Waals surface area contributed by atoms with E-state index in [2.05, 4.69) is 26.2 Å². The Morgan fingerprint density at radius 1 is 1.37 bits per heavy atom. The van der Waals surface area contributed by atoms with Crippen LogP contribution in [0.2, 0.25) is 0 Å². The summed E-state index contributed by atoms with van der Waals surface area (Å²) in [5, 5.41) is 2.73. The zero-order valence-corrected chi connectivity index (χ0v) is 12.0.